The van der Waals surface area contributed by atoms with Gasteiger partial charge in [-0.2, -0.15) is 0 Å². The Morgan fingerprint density at radius 1 is 1.35 bits per heavy atom. The molecule has 0 aliphatic carbocycles. The molecule has 1 atom stereocenters. The maximum atomic E-state index is 10.6. The molecule has 1 unspecified atom stereocenters. The predicted octanol–water partition coefficient (Wildman–Crippen LogP) is 0.998. The first-order chi connectivity index (χ1) is 8.15. The van der Waals surface area contributed by atoms with Crippen LogP contribution in [0.15, 0.2) is 18.2 Å². The number of phenolic OH excluding ortho intramolecular Hbond substituents is 1. The molecule has 1 aromatic carbocycles. The number of aliphatic hydroxyl groups excluding tert-OH is 1. The Bertz CT molecular complexity index is 441. The van der Waals surface area contributed by atoms with Crippen LogP contribution in [0.2, 0.25) is 0 Å². The lowest BCUT2D eigenvalue weighted by Crippen LogP contribution is -2.53. The second kappa shape index (κ2) is 3.62. The van der Waals surface area contributed by atoms with Crippen LogP contribution < -0.4 is 10.2 Å². The number of anilines is 1. The maximum Gasteiger partial charge on any atom is 0.116 e. The Hall–Kier alpha value is -1.26. The van der Waals surface area contributed by atoms with Crippen LogP contribution in [0.1, 0.15) is 24.5 Å². The maximum absolute atomic E-state index is 10.6. The lowest BCUT2D eigenvalue weighted by molar-refractivity contribution is 0.0732. The van der Waals surface area contributed by atoms with Crippen LogP contribution in [0.5, 0.6) is 5.75 Å². The van der Waals surface area contributed by atoms with Crippen molar-refractivity contribution in [1.82, 2.24) is 5.32 Å². The van der Waals surface area contributed by atoms with Gasteiger partial charge in [0.15, 0.2) is 0 Å². The highest BCUT2D eigenvalue weighted by molar-refractivity contribution is 5.64. The molecule has 1 spiro atoms. The predicted molar refractivity (Wildman–Crippen MR) is 66.3 cm³/mol. The van der Waals surface area contributed by atoms with Crippen molar-refractivity contribution >= 4 is 5.69 Å². The molecule has 3 N–H and O–H groups in total. The number of phenols is 1. The van der Waals surface area contributed by atoms with E-state index in [0.29, 0.717) is 0 Å². The van der Waals surface area contributed by atoms with E-state index in [1.807, 2.05) is 13.1 Å². The monoisotopic (exact) mass is 234 g/mol. The molecule has 0 saturated carbocycles. The molecule has 2 aliphatic rings. The highest BCUT2D eigenvalue weighted by atomic mass is 16.3. The minimum absolute atomic E-state index is 0.193. The molecule has 4 nitrogen and oxygen atoms in total. The van der Waals surface area contributed by atoms with E-state index in [9.17, 15) is 10.2 Å². The smallest absolute Gasteiger partial charge is 0.116 e. The summed E-state index contributed by atoms with van der Waals surface area (Å²) < 4.78 is 0. The number of hydrogen-bond acceptors (Lipinski definition) is 4. The van der Waals surface area contributed by atoms with Gasteiger partial charge in [-0.05, 0) is 44.1 Å². The Kier molecular flexibility index (Phi) is 2.31. The fourth-order valence-corrected chi connectivity index (χ4v) is 3.25. The van der Waals surface area contributed by atoms with Gasteiger partial charge in [0, 0.05) is 18.3 Å². The Morgan fingerprint density at radius 3 is 2.76 bits per heavy atom. The van der Waals surface area contributed by atoms with Gasteiger partial charge in [0.2, 0.25) is 0 Å². The minimum atomic E-state index is -0.503. The van der Waals surface area contributed by atoms with Gasteiger partial charge in [0.1, 0.15) is 11.9 Å². The van der Waals surface area contributed by atoms with Crippen LogP contribution in [-0.4, -0.2) is 35.9 Å². The van der Waals surface area contributed by atoms with Gasteiger partial charge in [0.25, 0.3) is 0 Å². The van der Waals surface area contributed by atoms with Crippen molar-refractivity contribution in [3.8, 4) is 5.75 Å². The molecule has 1 saturated heterocycles. The summed E-state index contributed by atoms with van der Waals surface area (Å²) in [6.45, 7) is 1.86. The van der Waals surface area contributed by atoms with Crippen LogP contribution in [0, 0.1) is 0 Å². The second-order valence-electron chi connectivity index (χ2n) is 5.06. The summed E-state index contributed by atoms with van der Waals surface area (Å²) in [5, 5.41) is 23.4. The first-order valence-electron chi connectivity index (χ1n) is 6.11. The van der Waals surface area contributed by atoms with Crippen molar-refractivity contribution in [2.75, 3.05) is 25.0 Å². The summed E-state index contributed by atoms with van der Waals surface area (Å²) in [6.07, 6.45) is 1.36. The SMILES string of the molecule is CN1c2ccc(O)cc2C(O)C12CCNCC2. The summed E-state index contributed by atoms with van der Waals surface area (Å²) in [6, 6.07) is 5.26. The lowest BCUT2D eigenvalue weighted by atomic mass is 9.82. The number of nitrogens with one attached hydrogen (secondary N) is 1. The zero-order valence-electron chi connectivity index (χ0n) is 9.98. The van der Waals surface area contributed by atoms with Gasteiger partial charge < -0.3 is 20.4 Å². The number of rotatable bonds is 0. The number of aromatic hydroxyl groups is 1. The lowest BCUT2D eigenvalue weighted by Gasteiger charge is -2.43. The molecule has 92 valence electrons. The van der Waals surface area contributed by atoms with Crippen LogP contribution in [0.3, 0.4) is 0 Å². The van der Waals surface area contributed by atoms with E-state index in [0.717, 1.165) is 37.2 Å². The summed E-state index contributed by atoms with van der Waals surface area (Å²) in [5.74, 6) is 0.224. The highest BCUT2D eigenvalue weighted by Crippen LogP contribution is 2.50. The molecule has 1 aromatic rings. The van der Waals surface area contributed by atoms with Crippen molar-refractivity contribution < 1.29 is 10.2 Å². The van der Waals surface area contributed by atoms with Crippen molar-refractivity contribution in [1.29, 1.82) is 0 Å². The van der Waals surface area contributed by atoms with E-state index in [1.54, 1.807) is 12.1 Å². The largest absolute Gasteiger partial charge is 0.508 e. The third kappa shape index (κ3) is 1.37. The van der Waals surface area contributed by atoms with Crippen molar-refractivity contribution in [2.45, 2.75) is 24.5 Å². The van der Waals surface area contributed by atoms with Gasteiger partial charge in [-0.15, -0.1) is 0 Å². The molecule has 1 fully saturated rings. The van der Waals surface area contributed by atoms with E-state index in [4.69, 9.17) is 0 Å². The Labute approximate surface area is 101 Å². The summed E-state index contributed by atoms with van der Waals surface area (Å²) >= 11 is 0. The fourth-order valence-electron chi connectivity index (χ4n) is 3.25. The average Bonchev–Trinajstić information content (AvgIpc) is 2.54. The van der Waals surface area contributed by atoms with E-state index in [2.05, 4.69) is 10.2 Å². The highest BCUT2D eigenvalue weighted by Gasteiger charge is 2.49. The number of benzene rings is 1. The molecule has 2 aliphatic heterocycles. The van der Waals surface area contributed by atoms with Crippen LogP contribution in [0.25, 0.3) is 0 Å². The quantitative estimate of drug-likeness (QED) is 0.627. The zero-order valence-corrected chi connectivity index (χ0v) is 9.98. The number of hydrogen-bond donors (Lipinski definition) is 3. The summed E-state index contributed by atoms with van der Waals surface area (Å²) in [4.78, 5) is 2.19. The van der Waals surface area contributed by atoms with Gasteiger partial charge in [0.05, 0.1) is 5.54 Å². The first kappa shape index (κ1) is 10.9. The van der Waals surface area contributed by atoms with Gasteiger partial charge in [-0.3, -0.25) is 0 Å². The third-order valence-electron chi connectivity index (χ3n) is 4.31. The molecular formula is C13H18N2O2. The Morgan fingerprint density at radius 2 is 2.06 bits per heavy atom. The average molecular weight is 234 g/mol. The molecular weight excluding hydrogens is 216 g/mol. The molecule has 17 heavy (non-hydrogen) atoms. The molecule has 4 heteroatoms. The van der Waals surface area contributed by atoms with E-state index in [1.165, 1.54) is 0 Å². The van der Waals surface area contributed by atoms with Crippen LogP contribution in [-0.2, 0) is 0 Å². The topological polar surface area (TPSA) is 55.7 Å². The zero-order chi connectivity index (χ0) is 12.0. The molecule has 0 amide bonds. The van der Waals surface area contributed by atoms with Crippen molar-refractivity contribution in [2.24, 2.45) is 0 Å². The first-order valence-corrected chi connectivity index (χ1v) is 6.11. The molecule has 3 rings (SSSR count). The van der Waals surface area contributed by atoms with Crippen molar-refractivity contribution in [3.63, 3.8) is 0 Å². The summed E-state index contributed by atoms with van der Waals surface area (Å²) in [7, 11) is 2.04. The molecule has 0 radical (unpaired) electrons. The number of likely N-dealkylation sites (N-methyl/N-ethyl adjacent to an activating group) is 1. The molecule has 0 aromatic heterocycles. The van der Waals surface area contributed by atoms with E-state index >= 15 is 0 Å². The minimum Gasteiger partial charge on any atom is -0.508 e. The number of aliphatic hydroxyl groups is 1. The normalized spacial score (nSPS) is 26.2. The van der Waals surface area contributed by atoms with Gasteiger partial charge in [-0.25, -0.2) is 0 Å². The standard InChI is InChI=1S/C13H18N2O2/c1-15-11-3-2-9(16)8-10(11)12(17)13(15)4-6-14-7-5-13/h2-3,8,12,14,16-17H,4-7H2,1H3. The van der Waals surface area contributed by atoms with Crippen LogP contribution >= 0.6 is 0 Å². The fraction of sp³-hybridized carbons (Fsp3) is 0.538. The Balaban J connectivity index is 2.07. The van der Waals surface area contributed by atoms with Crippen molar-refractivity contribution in [3.05, 3.63) is 23.8 Å². The number of nitrogens with zero attached hydrogens (tertiary/aromatic N) is 1. The van der Waals surface area contributed by atoms with Crippen LogP contribution in [0.4, 0.5) is 5.69 Å². The summed E-state index contributed by atoms with van der Waals surface area (Å²) in [5.41, 5.74) is 1.70. The number of piperidine rings is 1. The van der Waals surface area contributed by atoms with E-state index < -0.39 is 6.10 Å². The van der Waals surface area contributed by atoms with E-state index in [-0.39, 0.29) is 11.3 Å². The second-order valence-corrected chi connectivity index (χ2v) is 5.06. The molecule has 2 heterocycles. The van der Waals surface area contributed by atoms with Gasteiger partial charge >= 0.3 is 0 Å². The van der Waals surface area contributed by atoms with Gasteiger partial charge in [-0.1, -0.05) is 0 Å². The third-order valence-corrected chi connectivity index (χ3v) is 4.31. The molecule has 0 bridgehead atoms. The number of fused-ring (bicyclic) bond motifs is 1.